The number of hydrogen-bond donors (Lipinski definition) is 2. The predicted octanol–water partition coefficient (Wildman–Crippen LogP) is 1.08. The van der Waals surface area contributed by atoms with Crippen LogP contribution in [0.5, 0.6) is 0 Å². The van der Waals surface area contributed by atoms with Crippen LogP contribution in [0, 0.1) is 0 Å². The van der Waals surface area contributed by atoms with Gasteiger partial charge in [0.25, 0.3) is 17.7 Å². The molecule has 1 heterocycles. The first-order valence-electron chi connectivity index (χ1n) is 6.79. The molecule has 2 rings (SSSR count). The lowest BCUT2D eigenvalue weighted by molar-refractivity contribution is -0.122. The highest BCUT2D eigenvalue weighted by Crippen LogP contribution is 2.25. The minimum Gasteiger partial charge on any atom is -0.353 e. The van der Waals surface area contributed by atoms with Crippen molar-refractivity contribution in [3.05, 3.63) is 33.8 Å². The third-order valence-corrected chi connectivity index (χ3v) is 4.07. The van der Waals surface area contributed by atoms with Crippen molar-refractivity contribution in [2.24, 2.45) is 0 Å². The number of benzene rings is 1. The zero-order chi connectivity index (χ0) is 17.9. The van der Waals surface area contributed by atoms with Crippen LogP contribution in [0.2, 0.25) is 0 Å². The lowest BCUT2D eigenvalue weighted by Crippen LogP contribution is -2.43. The van der Waals surface area contributed by atoms with E-state index < -0.39 is 35.0 Å². The molecule has 0 aliphatic carbocycles. The molecule has 0 spiro atoms. The number of hydrogen-bond acceptors (Lipinski definition) is 4. The van der Waals surface area contributed by atoms with Crippen molar-refractivity contribution in [3.8, 4) is 0 Å². The number of alkyl halides is 2. The van der Waals surface area contributed by atoms with Crippen molar-refractivity contribution in [2.75, 3.05) is 19.6 Å². The molecule has 1 aromatic carbocycles. The quantitative estimate of drug-likeness (QED) is 0.396. The highest BCUT2D eigenvalue weighted by molar-refractivity contribution is 9.10. The first-order chi connectivity index (χ1) is 11.3. The summed E-state index contributed by atoms with van der Waals surface area (Å²) in [6.07, 6.45) is 0. The largest absolute Gasteiger partial charge is 0.353 e. The summed E-state index contributed by atoms with van der Waals surface area (Å²) >= 11 is 13.9. The molecular formula is C14H12BrCl2N3O4. The van der Waals surface area contributed by atoms with Crippen LogP contribution >= 0.6 is 39.1 Å². The zero-order valence-electron chi connectivity index (χ0n) is 12.1. The minimum absolute atomic E-state index is 0.111. The highest BCUT2D eigenvalue weighted by atomic mass is 79.9. The Morgan fingerprint density at radius 3 is 2.38 bits per heavy atom. The molecule has 0 aromatic heterocycles. The van der Waals surface area contributed by atoms with Gasteiger partial charge in [-0.15, -0.1) is 0 Å². The highest BCUT2D eigenvalue weighted by Gasteiger charge is 2.36. The lowest BCUT2D eigenvalue weighted by Gasteiger charge is -2.13. The van der Waals surface area contributed by atoms with Crippen LogP contribution in [0.4, 0.5) is 0 Å². The average Bonchev–Trinajstić information content (AvgIpc) is 2.75. The minimum atomic E-state index is -1.18. The van der Waals surface area contributed by atoms with Crippen molar-refractivity contribution in [1.82, 2.24) is 15.5 Å². The molecular weight excluding hydrogens is 425 g/mol. The fraction of sp³-hybridized carbons (Fsp3) is 0.286. The van der Waals surface area contributed by atoms with Gasteiger partial charge in [-0.05, 0) is 18.2 Å². The van der Waals surface area contributed by atoms with E-state index in [2.05, 4.69) is 26.6 Å². The van der Waals surface area contributed by atoms with Crippen molar-refractivity contribution in [1.29, 1.82) is 0 Å². The fourth-order valence-corrected chi connectivity index (χ4v) is 2.59. The molecule has 0 saturated carbocycles. The molecule has 0 saturated heterocycles. The van der Waals surface area contributed by atoms with Gasteiger partial charge in [-0.3, -0.25) is 24.1 Å². The van der Waals surface area contributed by atoms with Crippen molar-refractivity contribution < 1.29 is 19.2 Å². The first-order valence-corrected chi connectivity index (χ1v) is 8.46. The van der Waals surface area contributed by atoms with Gasteiger partial charge in [-0.25, -0.2) is 0 Å². The van der Waals surface area contributed by atoms with Crippen molar-refractivity contribution in [2.45, 2.75) is 4.84 Å². The lowest BCUT2D eigenvalue weighted by atomic mass is 10.1. The van der Waals surface area contributed by atoms with E-state index in [1.54, 1.807) is 6.07 Å². The molecule has 1 aliphatic heterocycles. The van der Waals surface area contributed by atoms with Crippen LogP contribution in [-0.2, 0) is 9.59 Å². The standard InChI is InChI=1S/C14H12BrCl2N3O4/c15-7-1-2-8-9(5-7)14(24)20(13(8)23)6-10(21)18-3-4-19-12(22)11(16)17/h1-2,5,11H,3-4,6H2,(H,18,21)(H,19,22). The summed E-state index contributed by atoms with van der Waals surface area (Å²) in [7, 11) is 0. The Morgan fingerprint density at radius 2 is 1.71 bits per heavy atom. The number of nitrogens with zero attached hydrogens (tertiary/aromatic N) is 1. The molecule has 0 fully saturated rings. The monoisotopic (exact) mass is 435 g/mol. The normalized spacial score (nSPS) is 13.2. The second-order valence-corrected chi connectivity index (χ2v) is 6.84. The molecule has 7 nitrogen and oxygen atoms in total. The van der Waals surface area contributed by atoms with Crippen LogP contribution in [0.15, 0.2) is 22.7 Å². The second-order valence-electron chi connectivity index (χ2n) is 4.83. The Kier molecular flexibility index (Phi) is 6.20. The number of halogens is 3. The van der Waals surface area contributed by atoms with E-state index in [1.807, 2.05) is 0 Å². The summed E-state index contributed by atoms with van der Waals surface area (Å²) in [4.78, 5) is 47.0. The molecule has 0 radical (unpaired) electrons. The third kappa shape index (κ3) is 4.25. The Balaban J connectivity index is 1.86. The first kappa shape index (κ1) is 18.7. The molecule has 4 amide bonds. The zero-order valence-corrected chi connectivity index (χ0v) is 15.2. The number of imide groups is 1. The maximum atomic E-state index is 12.2. The Morgan fingerprint density at radius 1 is 1.08 bits per heavy atom. The number of carbonyl (C=O) groups is 4. The van der Waals surface area contributed by atoms with Gasteiger partial charge in [-0.2, -0.15) is 0 Å². The van der Waals surface area contributed by atoms with E-state index in [0.717, 1.165) is 4.90 Å². The molecule has 0 bridgehead atoms. The van der Waals surface area contributed by atoms with E-state index in [1.165, 1.54) is 12.1 Å². The van der Waals surface area contributed by atoms with E-state index in [4.69, 9.17) is 23.2 Å². The smallest absolute Gasteiger partial charge is 0.262 e. The van der Waals surface area contributed by atoms with Gasteiger partial charge in [0, 0.05) is 17.6 Å². The summed E-state index contributed by atoms with van der Waals surface area (Å²) in [5.74, 6) is -2.13. The Bertz CT molecular complexity index is 711. The number of rotatable bonds is 6. The Hall–Kier alpha value is -1.64. The second kappa shape index (κ2) is 7.96. The van der Waals surface area contributed by atoms with E-state index in [-0.39, 0.29) is 24.2 Å². The fourth-order valence-electron chi connectivity index (χ4n) is 2.07. The molecule has 128 valence electrons. The van der Waals surface area contributed by atoms with Gasteiger partial charge < -0.3 is 10.6 Å². The number of fused-ring (bicyclic) bond motifs is 1. The van der Waals surface area contributed by atoms with E-state index >= 15 is 0 Å². The molecule has 2 N–H and O–H groups in total. The van der Waals surface area contributed by atoms with Crippen LogP contribution < -0.4 is 10.6 Å². The van der Waals surface area contributed by atoms with Gasteiger partial charge in [0.1, 0.15) is 6.54 Å². The number of carbonyl (C=O) groups excluding carboxylic acids is 4. The summed E-state index contributed by atoms with van der Waals surface area (Å²) < 4.78 is 0.668. The van der Waals surface area contributed by atoms with Gasteiger partial charge in [0.15, 0.2) is 4.84 Å². The SMILES string of the molecule is O=C(CN1C(=O)c2ccc(Br)cc2C1=O)NCCNC(=O)C(Cl)Cl. The van der Waals surface area contributed by atoms with Gasteiger partial charge in [-0.1, -0.05) is 39.1 Å². The van der Waals surface area contributed by atoms with E-state index in [9.17, 15) is 19.2 Å². The van der Waals surface area contributed by atoms with Gasteiger partial charge in [0.2, 0.25) is 5.91 Å². The topological polar surface area (TPSA) is 95.6 Å². The van der Waals surface area contributed by atoms with Crippen molar-refractivity contribution in [3.63, 3.8) is 0 Å². The van der Waals surface area contributed by atoms with Crippen LogP contribution in [0.3, 0.4) is 0 Å². The third-order valence-electron chi connectivity index (χ3n) is 3.18. The number of nitrogens with one attached hydrogen (secondary N) is 2. The maximum absolute atomic E-state index is 12.2. The molecule has 10 heteroatoms. The van der Waals surface area contributed by atoms with E-state index in [0.29, 0.717) is 4.47 Å². The molecule has 1 aliphatic rings. The average molecular weight is 437 g/mol. The molecule has 0 atom stereocenters. The van der Waals surface area contributed by atoms with Gasteiger partial charge >= 0.3 is 0 Å². The van der Waals surface area contributed by atoms with Crippen LogP contribution in [-0.4, -0.2) is 53.0 Å². The summed E-state index contributed by atoms with van der Waals surface area (Å²) in [5, 5.41) is 4.89. The summed E-state index contributed by atoms with van der Waals surface area (Å²) in [6, 6.07) is 4.72. The maximum Gasteiger partial charge on any atom is 0.262 e. The Labute approximate surface area is 155 Å². The summed E-state index contributed by atoms with van der Waals surface area (Å²) in [5.41, 5.74) is 0.517. The molecule has 1 aromatic rings. The summed E-state index contributed by atoms with van der Waals surface area (Å²) in [6.45, 7) is -0.166. The van der Waals surface area contributed by atoms with Crippen LogP contribution in [0.25, 0.3) is 0 Å². The van der Waals surface area contributed by atoms with Crippen molar-refractivity contribution >= 4 is 62.8 Å². The van der Waals surface area contributed by atoms with Crippen LogP contribution in [0.1, 0.15) is 20.7 Å². The molecule has 24 heavy (non-hydrogen) atoms. The molecule has 0 unspecified atom stereocenters. The van der Waals surface area contributed by atoms with Gasteiger partial charge in [0.05, 0.1) is 11.1 Å². The number of amides is 4. The predicted molar refractivity (Wildman–Crippen MR) is 91.0 cm³/mol.